The molecule has 0 radical (unpaired) electrons. The van der Waals surface area contributed by atoms with Crippen molar-refractivity contribution in [3.63, 3.8) is 0 Å². The first kappa shape index (κ1) is 14.4. The van der Waals surface area contributed by atoms with E-state index in [2.05, 4.69) is 21.2 Å². The van der Waals surface area contributed by atoms with Crippen molar-refractivity contribution in [3.05, 3.63) is 38.3 Å². The van der Waals surface area contributed by atoms with Gasteiger partial charge in [-0.1, -0.05) is 22.4 Å². The molecule has 2 N–H and O–H groups in total. The van der Waals surface area contributed by atoms with Gasteiger partial charge in [0.2, 0.25) is 0 Å². The molecular weight excluding hydrogens is 312 g/mol. The summed E-state index contributed by atoms with van der Waals surface area (Å²) in [6, 6.07) is 5.27. The van der Waals surface area contributed by atoms with E-state index in [1.54, 1.807) is 6.07 Å². The number of nitro benzene ring substituents is 1. The number of benzene rings is 1. The maximum Gasteiger partial charge on any atom is 0.270 e. The van der Waals surface area contributed by atoms with Crippen LogP contribution in [-0.2, 0) is 6.54 Å². The lowest BCUT2D eigenvalue weighted by Gasteiger charge is -2.19. The normalized spacial score (nSPS) is 22.6. The van der Waals surface area contributed by atoms with Gasteiger partial charge in [0.15, 0.2) is 0 Å². The second-order valence-corrected chi connectivity index (χ2v) is 5.85. The zero-order valence-corrected chi connectivity index (χ0v) is 12.1. The molecule has 1 saturated carbocycles. The highest BCUT2D eigenvalue weighted by Gasteiger charge is 2.25. The molecule has 1 aliphatic carbocycles. The summed E-state index contributed by atoms with van der Waals surface area (Å²) in [4.78, 5) is 10.4. The monoisotopic (exact) mass is 328 g/mol. The van der Waals surface area contributed by atoms with E-state index in [1.165, 1.54) is 6.07 Å². The number of nitrogens with zero attached hydrogens (tertiary/aromatic N) is 1. The Morgan fingerprint density at radius 3 is 2.89 bits per heavy atom. The van der Waals surface area contributed by atoms with Crippen molar-refractivity contribution in [1.82, 2.24) is 5.32 Å². The second kappa shape index (κ2) is 6.45. The molecule has 1 aliphatic rings. The van der Waals surface area contributed by atoms with Crippen LogP contribution in [0.4, 0.5) is 5.69 Å². The molecule has 2 rings (SSSR count). The smallest absolute Gasteiger partial charge is 0.270 e. The number of nitrogens with one attached hydrogen (secondary N) is 1. The van der Waals surface area contributed by atoms with E-state index in [-0.39, 0.29) is 17.2 Å². The van der Waals surface area contributed by atoms with Crippen LogP contribution in [0.15, 0.2) is 22.7 Å². The number of aliphatic hydroxyl groups excluding tert-OH is 1. The fourth-order valence-corrected chi connectivity index (χ4v) is 3.14. The standard InChI is InChI=1S/C13H17BrN2O3/c14-11-4-9(5-12(6-11)16(18)19)7-15-13-3-1-2-10(13)8-17/h4-6,10,13,15,17H,1-3,7-8H2. The van der Waals surface area contributed by atoms with Gasteiger partial charge < -0.3 is 10.4 Å². The largest absolute Gasteiger partial charge is 0.396 e. The van der Waals surface area contributed by atoms with Crippen LogP contribution in [0.5, 0.6) is 0 Å². The zero-order chi connectivity index (χ0) is 13.8. The Kier molecular flexibility index (Phi) is 4.90. The number of hydrogen-bond acceptors (Lipinski definition) is 4. The minimum Gasteiger partial charge on any atom is -0.396 e. The zero-order valence-electron chi connectivity index (χ0n) is 10.5. The van der Waals surface area contributed by atoms with E-state index in [0.29, 0.717) is 23.0 Å². The van der Waals surface area contributed by atoms with E-state index in [0.717, 1.165) is 24.8 Å². The molecule has 0 aliphatic heterocycles. The van der Waals surface area contributed by atoms with Gasteiger partial charge in [-0.25, -0.2) is 0 Å². The van der Waals surface area contributed by atoms with E-state index in [1.807, 2.05) is 6.07 Å². The van der Waals surface area contributed by atoms with Gasteiger partial charge in [0, 0.05) is 35.8 Å². The summed E-state index contributed by atoms with van der Waals surface area (Å²) in [6.07, 6.45) is 3.23. The quantitative estimate of drug-likeness (QED) is 0.643. The Morgan fingerprint density at radius 1 is 1.42 bits per heavy atom. The molecule has 5 nitrogen and oxygen atoms in total. The maximum atomic E-state index is 10.8. The minimum absolute atomic E-state index is 0.0938. The van der Waals surface area contributed by atoms with E-state index in [9.17, 15) is 15.2 Å². The van der Waals surface area contributed by atoms with Crippen LogP contribution in [0.1, 0.15) is 24.8 Å². The van der Waals surface area contributed by atoms with Crippen LogP contribution in [0.2, 0.25) is 0 Å². The van der Waals surface area contributed by atoms with Gasteiger partial charge in [-0.15, -0.1) is 0 Å². The summed E-state index contributed by atoms with van der Waals surface area (Å²) < 4.78 is 0.712. The summed E-state index contributed by atoms with van der Waals surface area (Å²) >= 11 is 3.29. The van der Waals surface area contributed by atoms with Crippen molar-refractivity contribution >= 4 is 21.6 Å². The number of nitro groups is 1. The van der Waals surface area contributed by atoms with Gasteiger partial charge >= 0.3 is 0 Å². The lowest BCUT2D eigenvalue weighted by Crippen LogP contribution is -2.33. The third-order valence-electron chi connectivity index (χ3n) is 3.62. The molecule has 0 aromatic heterocycles. The van der Waals surface area contributed by atoms with Crippen molar-refractivity contribution in [2.24, 2.45) is 5.92 Å². The Balaban J connectivity index is 2.01. The van der Waals surface area contributed by atoms with Gasteiger partial charge in [-0.2, -0.15) is 0 Å². The first-order valence-corrected chi connectivity index (χ1v) is 7.17. The van der Waals surface area contributed by atoms with Crippen LogP contribution < -0.4 is 5.32 Å². The van der Waals surface area contributed by atoms with Crippen LogP contribution in [0.3, 0.4) is 0 Å². The van der Waals surface area contributed by atoms with Gasteiger partial charge in [-0.3, -0.25) is 10.1 Å². The molecule has 1 fully saturated rings. The molecule has 0 spiro atoms. The topological polar surface area (TPSA) is 75.4 Å². The Labute approximate surface area is 120 Å². The lowest BCUT2D eigenvalue weighted by atomic mass is 10.0. The molecular formula is C13H17BrN2O3. The summed E-state index contributed by atoms with van der Waals surface area (Å²) in [5.41, 5.74) is 0.973. The molecule has 19 heavy (non-hydrogen) atoms. The highest BCUT2D eigenvalue weighted by Crippen LogP contribution is 2.26. The predicted octanol–water partition coefficient (Wildman–Crippen LogP) is 2.61. The maximum absolute atomic E-state index is 10.8. The average Bonchev–Trinajstić information content (AvgIpc) is 2.83. The fourth-order valence-electron chi connectivity index (χ4n) is 2.61. The van der Waals surface area contributed by atoms with Crippen molar-refractivity contribution in [2.75, 3.05) is 6.61 Å². The highest BCUT2D eigenvalue weighted by atomic mass is 79.9. The summed E-state index contributed by atoms with van der Waals surface area (Å²) in [5, 5.41) is 23.4. The summed E-state index contributed by atoms with van der Waals surface area (Å²) in [7, 11) is 0. The first-order valence-electron chi connectivity index (χ1n) is 6.38. The number of halogens is 1. The second-order valence-electron chi connectivity index (χ2n) is 4.94. The molecule has 1 aromatic carbocycles. The van der Waals surface area contributed by atoms with Crippen LogP contribution in [0, 0.1) is 16.0 Å². The van der Waals surface area contributed by atoms with Crippen LogP contribution >= 0.6 is 15.9 Å². The first-order chi connectivity index (χ1) is 9.10. The SMILES string of the molecule is O=[N+]([O-])c1cc(Br)cc(CNC2CCCC2CO)c1. The van der Waals surface area contributed by atoms with Gasteiger partial charge in [0.05, 0.1) is 4.92 Å². The summed E-state index contributed by atoms with van der Waals surface area (Å²) in [5.74, 6) is 0.308. The Hall–Kier alpha value is -0.980. The van der Waals surface area contributed by atoms with Crippen LogP contribution in [-0.4, -0.2) is 22.7 Å². The molecule has 104 valence electrons. The Morgan fingerprint density at radius 2 is 2.21 bits per heavy atom. The summed E-state index contributed by atoms with van der Waals surface area (Å²) in [6.45, 7) is 0.789. The number of hydrogen-bond donors (Lipinski definition) is 2. The molecule has 6 heteroatoms. The Bertz CT molecular complexity index is 467. The molecule has 0 bridgehead atoms. The molecule has 1 aromatic rings. The number of rotatable bonds is 5. The van der Waals surface area contributed by atoms with Gasteiger partial charge in [0.1, 0.15) is 0 Å². The molecule has 2 unspecified atom stereocenters. The van der Waals surface area contributed by atoms with E-state index in [4.69, 9.17) is 0 Å². The highest BCUT2D eigenvalue weighted by molar-refractivity contribution is 9.10. The van der Waals surface area contributed by atoms with E-state index >= 15 is 0 Å². The number of non-ortho nitro benzene ring substituents is 1. The molecule has 0 heterocycles. The van der Waals surface area contributed by atoms with Crippen molar-refractivity contribution in [3.8, 4) is 0 Å². The average molecular weight is 329 g/mol. The lowest BCUT2D eigenvalue weighted by molar-refractivity contribution is -0.385. The van der Waals surface area contributed by atoms with Gasteiger partial charge in [0.25, 0.3) is 5.69 Å². The van der Waals surface area contributed by atoms with Crippen molar-refractivity contribution in [1.29, 1.82) is 0 Å². The molecule has 0 amide bonds. The third-order valence-corrected chi connectivity index (χ3v) is 4.07. The number of aliphatic hydroxyl groups is 1. The van der Waals surface area contributed by atoms with Crippen molar-refractivity contribution < 1.29 is 10.0 Å². The fraction of sp³-hybridized carbons (Fsp3) is 0.538. The molecule has 0 saturated heterocycles. The molecule has 2 atom stereocenters. The minimum atomic E-state index is -0.389. The van der Waals surface area contributed by atoms with Crippen LogP contribution in [0.25, 0.3) is 0 Å². The van der Waals surface area contributed by atoms with Gasteiger partial charge in [-0.05, 0) is 30.4 Å². The third kappa shape index (κ3) is 3.75. The predicted molar refractivity (Wildman–Crippen MR) is 75.9 cm³/mol. The van der Waals surface area contributed by atoms with Crippen molar-refractivity contribution in [2.45, 2.75) is 31.8 Å². The van der Waals surface area contributed by atoms with E-state index < -0.39 is 0 Å².